The first kappa shape index (κ1) is 49.4. The van der Waals surface area contributed by atoms with E-state index in [0.29, 0.717) is 12.5 Å². The molecule has 3 nitrogen and oxygen atoms in total. The van der Waals surface area contributed by atoms with Crippen LogP contribution in [0.25, 0.3) is 0 Å². The minimum Gasteiger partial charge on any atom is -0.465 e. The van der Waals surface area contributed by atoms with Gasteiger partial charge in [-0.2, -0.15) is 0 Å². The molecule has 0 saturated carbocycles. The van der Waals surface area contributed by atoms with Crippen molar-refractivity contribution in [3.05, 3.63) is 48.6 Å². The van der Waals surface area contributed by atoms with E-state index in [9.17, 15) is 4.79 Å². The number of rotatable bonds is 36. The van der Waals surface area contributed by atoms with Crippen LogP contribution in [0.3, 0.4) is 0 Å². The Kier molecular flexibility index (Phi) is 33.1. The molecule has 0 atom stereocenters. The number of esters is 1. The molecule has 298 valence electrons. The summed E-state index contributed by atoms with van der Waals surface area (Å²) in [6.45, 7) is 13.6. The van der Waals surface area contributed by atoms with Crippen LogP contribution in [0.4, 0.5) is 0 Å². The van der Waals surface area contributed by atoms with Gasteiger partial charge in [-0.05, 0) is 131 Å². The zero-order valence-corrected chi connectivity index (χ0v) is 35.8. The topological polar surface area (TPSA) is 29.5 Å². The zero-order chi connectivity index (χ0) is 37.9. The molecule has 0 radical (unpaired) electrons. The van der Waals surface area contributed by atoms with Gasteiger partial charge in [-0.15, -0.1) is 0 Å². The number of hydrogen-bond donors (Lipinski definition) is 0. The SMILES string of the molecule is CCCCCC=CCC=CCCCCCCCCC(CCCCCCCCC=CCC=CCCCCC)COC(=O)C(C)(C)CC(C)(C)N(C)C. The van der Waals surface area contributed by atoms with Gasteiger partial charge in [0, 0.05) is 5.54 Å². The molecular formula is C48H89NO2. The number of nitrogens with zero attached hydrogens (tertiary/aromatic N) is 1. The first-order valence-electron chi connectivity index (χ1n) is 22.0. The summed E-state index contributed by atoms with van der Waals surface area (Å²) in [6.07, 6.45) is 52.7. The van der Waals surface area contributed by atoms with Crippen molar-refractivity contribution in [1.82, 2.24) is 4.90 Å². The molecule has 0 aromatic carbocycles. The molecule has 0 aliphatic carbocycles. The van der Waals surface area contributed by atoms with Crippen LogP contribution < -0.4 is 0 Å². The van der Waals surface area contributed by atoms with E-state index >= 15 is 0 Å². The average Bonchev–Trinajstić information content (AvgIpc) is 3.09. The average molecular weight is 712 g/mol. The van der Waals surface area contributed by atoms with E-state index in [-0.39, 0.29) is 11.5 Å². The van der Waals surface area contributed by atoms with Gasteiger partial charge in [0.05, 0.1) is 12.0 Å². The molecule has 0 aliphatic heterocycles. The maximum Gasteiger partial charge on any atom is 0.311 e. The van der Waals surface area contributed by atoms with Gasteiger partial charge < -0.3 is 9.64 Å². The molecule has 0 aromatic heterocycles. The zero-order valence-electron chi connectivity index (χ0n) is 35.8. The molecule has 0 fully saturated rings. The predicted molar refractivity (Wildman–Crippen MR) is 229 cm³/mol. The Balaban J connectivity index is 4.42. The number of carbonyl (C=O) groups excluding carboxylic acids is 1. The molecule has 0 rings (SSSR count). The maximum absolute atomic E-state index is 13.3. The summed E-state index contributed by atoms with van der Waals surface area (Å²) in [5.74, 6) is 0.458. The number of unbranched alkanes of at least 4 members (excludes halogenated alkanes) is 18. The molecule has 0 amide bonds. The largest absolute Gasteiger partial charge is 0.465 e. The molecule has 0 aromatic rings. The summed E-state index contributed by atoms with van der Waals surface area (Å²) in [6, 6.07) is 0. The number of hydrogen-bond acceptors (Lipinski definition) is 3. The van der Waals surface area contributed by atoms with Gasteiger partial charge in [0.15, 0.2) is 0 Å². The van der Waals surface area contributed by atoms with E-state index < -0.39 is 5.41 Å². The van der Waals surface area contributed by atoms with Gasteiger partial charge in [0.2, 0.25) is 0 Å². The standard InChI is InChI=1S/C48H89NO2/c1-9-11-13-15-17-19-21-23-25-27-29-31-33-35-37-39-41-45(43-51-46(50)47(3,4)44-48(5,6)49(7)8)42-40-38-36-34-32-30-28-26-24-22-20-18-16-14-12-10-2/h17-20,23-26,45H,9-16,21-22,27-44H2,1-8H3. The molecule has 0 aliphatic rings. The lowest BCUT2D eigenvalue weighted by Gasteiger charge is -2.38. The molecule has 0 heterocycles. The second-order valence-corrected chi connectivity index (χ2v) is 17.0. The Bertz CT molecular complexity index is 845. The van der Waals surface area contributed by atoms with E-state index in [4.69, 9.17) is 4.74 Å². The van der Waals surface area contributed by atoms with Crippen molar-refractivity contribution in [1.29, 1.82) is 0 Å². The lowest BCUT2D eigenvalue weighted by molar-refractivity contribution is -0.157. The number of carbonyl (C=O) groups is 1. The summed E-state index contributed by atoms with van der Waals surface area (Å²) < 4.78 is 6.07. The molecule has 0 spiro atoms. The molecule has 0 N–H and O–H groups in total. The summed E-state index contributed by atoms with van der Waals surface area (Å²) in [5, 5.41) is 0. The van der Waals surface area contributed by atoms with Crippen LogP contribution in [-0.4, -0.2) is 37.1 Å². The van der Waals surface area contributed by atoms with Gasteiger partial charge in [-0.25, -0.2) is 0 Å². The predicted octanol–water partition coefficient (Wildman–Crippen LogP) is 15.3. The maximum atomic E-state index is 13.3. The highest BCUT2D eigenvalue weighted by molar-refractivity contribution is 5.76. The first-order valence-corrected chi connectivity index (χ1v) is 22.0. The van der Waals surface area contributed by atoms with Gasteiger partial charge >= 0.3 is 5.97 Å². The van der Waals surface area contributed by atoms with Crippen LogP contribution in [0.1, 0.15) is 215 Å². The normalized spacial score (nSPS) is 13.6. The monoisotopic (exact) mass is 712 g/mol. The Labute approximate surface area is 320 Å². The number of ether oxygens (including phenoxy) is 1. The highest BCUT2D eigenvalue weighted by Gasteiger charge is 2.37. The minimum atomic E-state index is -0.488. The first-order chi connectivity index (χ1) is 24.6. The summed E-state index contributed by atoms with van der Waals surface area (Å²) in [5.41, 5.74) is -0.539. The van der Waals surface area contributed by atoms with Crippen molar-refractivity contribution in [2.45, 2.75) is 220 Å². The third-order valence-electron chi connectivity index (χ3n) is 10.7. The molecule has 51 heavy (non-hydrogen) atoms. The third kappa shape index (κ3) is 31.6. The van der Waals surface area contributed by atoms with Gasteiger partial charge in [-0.1, -0.05) is 152 Å². The van der Waals surface area contributed by atoms with E-state index in [1.807, 2.05) is 0 Å². The lowest BCUT2D eigenvalue weighted by atomic mass is 9.79. The fraction of sp³-hybridized carbons (Fsp3) is 0.812. The molecule has 0 bridgehead atoms. The van der Waals surface area contributed by atoms with Crippen LogP contribution in [-0.2, 0) is 9.53 Å². The highest BCUT2D eigenvalue weighted by atomic mass is 16.5. The van der Waals surface area contributed by atoms with E-state index in [2.05, 4.69) is 109 Å². The number of allylic oxidation sites excluding steroid dienone is 8. The Morgan fingerprint density at radius 1 is 0.529 bits per heavy atom. The smallest absolute Gasteiger partial charge is 0.311 e. The van der Waals surface area contributed by atoms with Gasteiger partial charge in [0.25, 0.3) is 0 Å². The summed E-state index contributed by atoms with van der Waals surface area (Å²) >= 11 is 0. The van der Waals surface area contributed by atoms with Crippen molar-refractivity contribution in [3.63, 3.8) is 0 Å². The lowest BCUT2D eigenvalue weighted by Crippen LogP contribution is -2.44. The van der Waals surface area contributed by atoms with Crippen LogP contribution in [0.5, 0.6) is 0 Å². The van der Waals surface area contributed by atoms with Crippen LogP contribution >= 0.6 is 0 Å². The highest BCUT2D eigenvalue weighted by Crippen LogP contribution is 2.32. The third-order valence-corrected chi connectivity index (χ3v) is 10.7. The van der Waals surface area contributed by atoms with Crippen molar-refractivity contribution in [2.24, 2.45) is 11.3 Å². The van der Waals surface area contributed by atoms with Crippen molar-refractivity contribution in [3.8, 4) is 0 Å². The van der Waals surface area contributed by atoms with Crippen LogP contribution in [0.2, 0.25) is 0 Å². The van der Waals surface area contributed by atoms with E-state index in [1.165, 1.54) is 154 Å². The van der Waals surface area contributed by atoms with Crippen LogP contribution in [0.15, 0.2) is 48.6 Å². The fourth-order valence-electron chi connectivity index (χ4n) is 6.85. The Morgan fingerprint density at radius 2 is 0.882 bits per heavy atom. The van der Waals surface area contributed by atoms with E-state index in [1.54, 1.807) is 0 Å². The summed E-state index contributed by atoms with van der Waals surface area (Å²) in [7, 11) is 4.19. The molecular weight excluding hydrogens is 623 g/mol. The van der Waals surface area contributed by atoms with Crippen molar-refractivity contribution < 1.29 is 9.53 Å². The second kappa shape index (κ2) is 34.2. The van der Waals surface area contributed by atoms with Gasteiger partial charge in [-0.3, -0.25) is 4.79 Å². The van der Waals surface area contributed by atoms with Crippen molar-refractivity contribution in [2.75, 3.05) is 20.7 Å². The molecule has 0 unspecified atom stereocenters. The second-order valence-electron chi connectivity index (χ2n) is 17.0. The van der Waals surface area contributed by atoms with E-state index in [0.717, 1.165) is 19.3 Å². The molecule has 0 saturated heterocycles. The van der Waals surface area contributed by atoms with Crippen molar-refractivity contribution >= 4 is 5.97 Å². The quantitative estimate of drug-likeness (QED) is 0.0368. The Morgan fingerprint density at radius 3 is 1.25 bits per heavy atom. The minimum absolute atomic E-state index is 0.0310. The van der Waals surface area contributed by atoms with Crippen LogP contribution in [0, 0.1) is 11.3 Å². The summed E-state index contributed by atoms with van der Waals surface area (Å²) in [4.78, 5) is 15.5. The Hall–Kier alpha value is -1.61. The fourth-order valence-corrected chi connectivity index (χ4v) is 6.85. The van der Waals surface area contributed by atoms with Gasteiger partial charge in [0.1, 0.15) is 0 Å². The molecule has 3 heteroatoms.